The van der Waals surface area contributed by atoms with Crippen molar-refractivity contribution in [1.82, 2.24) is 5.32 Å². The van der Waals surface area contributed by atoms with E-state index in [9.17, 15) is 8.78 Å². The zero-order chi connectivity index (χ0) is 14.4. The first-order chi connectivity index (χ1) is 10.3. The second-order valence-electron chi connectivity index (χ2n) is 5.69. The molecule has 0 saturated carbocycles. The van der Waals surface area contributed by atoms with E-state index in [1.165, 1.54) is 12.1 Å². The molecule has 0 aliphatic carbocycles. The molecule has 0 aromatic heterocycles. The van der Waals surface area contributed by atoms with E-state index in [0.717, 1.165) is 30.8 Å². The molecule has 0 unspecified atom stereocenters. The van der Waals surface area contributed by atoms with Crippen LogP contribution in [-0.2, 0) is 0 Å². The third-order valence-electron chi connectivity index (χ3n) is 4.54. The standard InChI is InChI=1S/C17H16F2N2/c18-11-5-6-15-12(9-11)13-10-20-8-7-16(13)21(15)17-4-2-1-3-14(17)19/h1-6,9,13,16,20H,7-8,10H2/t13-,16+/m0/s1. The first-order valence-electron chi connectivity index (χ1n) is 7.29. The first-order valence-corrected chi connectivity index (χ1v) is 7.29. The summed E-state index contributed by atoms with van der Waals surface area (Å²) < 4.78 is 27.9. The van der Waals surface area contributed by atoms with Crippen molar-refractivity contribution in [2.75, 3.05) is 18.0 Å². The Balaban J connectivity index is 1.89. The quantitative estimate of drug-likeness (QED) is 0.862. The highest BCUT2D eigenvalue weighted by molar-refractivity contribution is 5.73. The van der Waals surface area contributed by atoms with E-state index in [-0.39, 0.29) is 23.6 Å². The summed E-state index contributed by atoms with van der Waals surface area (Å²) in [5, 5.41) is 3.36. The van der Waals surface area contributed by atoms with Crippen molar-refractivity contribution in [3.8, 4) is 0 Å². The average Bonchev–Trinajstić information content (AvgIpc) is 2.82. The second kappa shape index (κ2) is 4.81. The number of rotatable bonds is 1. The summed E-state index contributed by atoms with van der Waals surface area (Å²) in [5.74, 6) is -0.246. The summed E-state index contributed by atoms with van der Waals surface area (Å²) in [4.78, 5) is 2.05. The third-order valence-corrected chi connectivity index (χ3v) is 4.54. The smallest absolute Gasteiger partial charge is 0.146 e. The number of nitrogens with zero attached hydrogens (tertiary/aromatic N) is 1. The summed E-state index contributed by atoms with van der Waals surface area (Å²) in [7, 11) is 0. The minimum Gasteiger partial charge on any atom is -0.335 e. The fourth-order valence-corrected chi connectivity index (χ4v) is 3.65. The summed E-state index contributed by atoms with van der Waals surface area (Å²) in [6.07, 6.45) is 0.926. The predicted octanol–water partition coefficient (Wildman–Crippen LogP) is 3.56. The Hall–Kier alpha value is -1.94. The lowest BCUT2D eigenvalue weighted by Crippen LogP contribution is -2.42. The van der Waals surface area contributed by atoms with Gasteiger partial charge in [-0.05, 0) is 48.9 Å². The van der Waals surface area contributed by atoms with Gasteiger partial charge in [-0.15, -0.1) is 0 Å². The van der Waals surface area contributed by atoms with Crippen LogP contribution in [0.5, 0.6) is 0 Å². The van der Waals surface area contributed by atoms with E-state index in [2.05, 4.69) is 10.2 Å². The molecule has 4 rings (SSSR count). The number of para-hydroxylation sites is 1. The van der Waals surface area contributed by atoms with Crippen LogP contribution in [0.1, 0.15) is 17.9 Å². The summed E-state index contributed by atoms with van der Waals surface area (Å²) in [6, 6.07) is 11.8. The van der Waals surface area contributed by atoms with Crippen molar-refractivity contribution in [2.24, 2.45) is 0 Å². The molecule has 1 fully saturated rings. The van der Waals surface area contributed by atoms with E-state index in [4.69, 9.17) is 0 Å². The normalized spacial score (nSPS) is 23.8. The molecule has 2 nitrogen and oxygen atoms in total. The molecule has 2 aromatic rings. The molecule has 2 aromatic carbocycles. The van der Waals surface area contributed by atoms with Gasteiger partial charge in [-0.2, -0.15) is 0 Å². The highest BCUT2D eigenvalue weighted by atomic mass is 19.1. The maximum atomic E-state index is 14.2. The number of halogens is 2. The Bertz CT molecular complexity index is 686. The summed E-state index contributed by atoms with van der Waals surface area (Å²) in [6.45, 7) is 1.72. The topological polar surface area (TPSA) is 15.3 Å². The number of fused-ring (bicyclic) bond motifs is 3. The molecule has 2 aliphatic rings. The van der Waals surface area contributed by atoms with Crippen LogP contribution in [0.15, 0.2) is 42.5 Å². The van der Waals surface area contributed by atoms with Gasteiger partial charge in [0.05, 0.1) is 5.69 Å². The third kappa shape index (κ3) is 1.94. The fraction of sp³-hybridized carbons (Fsp3) is 0.294. The molecule has 1 N–H and O–H groups in total. The van der Waals surface area contributed by atoms with Crippen molar-refractivity contribution in [1.29, 1.82) is 0 Å². The van der Waals surface area contributed by atoms with Crippen molar-refractivity contribution >= 4 is 11.4 Å². The maximum absolute atomic E-state index is 14.2. The molecule has 108 valence electrons. The van der Waals surface area contributed by atoms with E-state index in [1.807, 2.05) is 6.07 Å². The second-order valence-corrected chi connectivity index (χ2v) is 5.69. The fourth-order valence-electron chi connectivity index (χ4n) is 3.65. The number of anilines is 2. The molecule has 0 radical (unpaired) electrons. The minimum absolute atomic E-state index is 0.194. The molecule has 0 spiro atoms. The van der Waals surface area contributed by atoms with E-state index < -0.39 is 0 Å². The monoisotopic (exact) mass is 286 g/mol. The van der Waals surface area contributed by atoms with Crippen LogP contribution in [0.3, 0.4) is 0 Å². The molecule has 2 aliphatic heterocycles. The zero-order valence-electron chi connectivity index (χ0n) is 11.5. The van der Waals surface area contributed by atoms with Gasteiger partial charge in [-0.1, -0.05) is 12.1 Å². The largest absolute Gasteiger partial charge is 0.335 e. The predicted molar refractivity (Wildman–Crippen MR) is 79.0 cm³/mol. The van der Waals surface area contributed by atoms with Crippen molar-refractivity contribution < 1.29 is 8.78 Å². The number of piperidine rings is 1. The molecule has 2 atom stereocenters. The van der Waals surface area contributed by atoms with Crippen molar-refractivity contribution in [3.63, 3.8) is 0 Å². The highest BCUT2D eigenvalue weighted by Crippen LogP contribution is 2.47. The van der Waals surface area contributed by atoms with Gasteiger partial charge in [0.15, 0.2) is 0 Å². The lowest BCUT2D eigenvalue weighted by Gasteiger charge is -2.34. The van der Waals surface area contributed by atoms with Gasteiger partial charge in [0.2, 0.25) is 0 Å². The van der Waals surface area contributed by atoms with Gasteiger partial charge < -0.3 is 10.2 Å². The van der Waals surface area contributed by atoms with E-state index in [1.54, 1.807) is 24.3 Å². The van der Waals surface area contributed by atoms with Gasteiger partial charge in [0.25, 0.3) is 0 Å². The average molecular weight is 286 g/mol. The zero-order valence-corrected chi connectivity index (χ0v) is 11.5. The SMILES string of the molecule is Fc1ccc2c(c1)[C@@H]1CNCC[C@H]1N2c1ccccc1F. The molecule has 1 saturated heterocycles. The van der Waals surface area contributed by atoms with Gasteiger partial charge in [-0.3, -0.25) is 0 Å². The number of nitrogens with one attached hydrogen (secondary N) is 1. The maximum Gasteiger partial charge on any atom is 0.146 e. The van der Waals surface area contributed by atoms with Crippen LogP contribution in [0.2, 0.25) is 0 Å². The Morgan fingerprint density at radius 1 is 1.05 bits per heavy atom. The van der Waals surface area contributed by atoms with Crippen LogP contribution in [-0.4, -0.2) is 19.1 Å². The van der Waals surface area contributed by atoms with Crippen LogP contribution >= 0.6 is 0 Å². The van der Waals surface area contributed by atoms with E-state index >= 15 is 0 Å². The van der Waals surface area contributed by atoms with Crippen molar-refractivity contribution in [2.45, 2.75) is 18.4 Å². The van der Waals surface area contributed by atoms with Crippen LogP contribution < -0.4 is 10.2 Å². The van der Waals surface area contributed by atoms with Crippen LogP contribution in [0, 0.1) is 11.6 Å². The Labute approximate surface area is 122 Å². The van der Waals surface area contributed by atoms with Crippen LogP contribution in [0.4, 0.5) is 20.2 Å². The van der Waals surface area contributed by atoms with Gasteiger partial charge in [-0.25, -0.2) is 8.78 Å². The first kappa shape index (κ1) is 12.8. The number of benzene rings is 2. The Morgan fingerprint density at radius 2 is 1.90 bits per heavy atom. The molecule has 0 bridgehead atoms. The minimum atomic E-state index is -0.230. The summed E-state index contributed by atoms with van der Waals surface area (Å²) >= 11 is 0. The molecular weight excluding hydrogens is 270 g/mol. The Morgan fingerprint density at radius 3 is 2.76 bits per heavy atom. The van der Waals surface area contributed by atoms with Gasteiger partial charge in [0, 0.05) is 24.2 Å². The highest BCUT2D eigenvalue weighted by Gasteiger charge is 2.41. The summed E-state index contributed by atoms with van der Waals surface area (Å²) in [5.41, 5.74) is 2.50. The lowest BCUT2D eigenvalue weighted by molar-refractivity contribution is 0.417. The van der Waals surface area contributed by atoms with Gasteiger partial charge in [0.1, 0.15) is 11.6 Å². The molecular formula is C17H16F2N2. The number of hydrogen-bond acceptors (Lipinski definition) is 2. The number of hydrogen-bond donors (Lipinski definition) is 1. The van der Waals surface area contributed by atoms with Gasteiger partial charge >= 0.3 is 0 Å². The molecule has 2 heterocycles. The molecule has 4 heteroatoms. The van der Waals surface area contributed by atoms with E-state index in [0.29, 0.717) is 5.69 Å². The van der Waals surface area contributed by atoms with Crippen LogP contribution in [0.25, 0.3) is 0 Å². The Kier molecular flexibility index (Phi) is 2.93. The lowest BCUT2D eigenvalue weighted by atomic mass is 9.90. The molecule has 0 amide bonds. The molecule has 21 heavy (non-hydrogen) atoms. The van der Waals surface area contributed by atoms with Crippen molar-refractivity contribution in [3.05, 3.63) is 59.7 Å².